The fourth-order valence-corrected chi connectivity index (χ4v) is 4.44. The van der Waals surface area contributed by atoms with Gasteiger partial charge in [0.1, 0.15) is 0 Å². The topological polar surface area (TPSA) is 103 Å². The zero-order valence-electron chi connectivity index (χ0n) is 16.1. The van der Waals surface area contributed by atoms with Crippen LogP contribution in [0.1, 0.15) is 23.2 Å². The van der Waals surface area contributed by atoms with Gasteiger partial charge < -0.3 is 19.5 Å². The largest absolute Gasteiger partial charge is 0.493 e. The number of rotatable bonds is 8. The first-order valence-electron chi connectivity index (χ1n) is 8.72. The molecular weight excluding hydrogens is 464 g/mol. The van der Waals surface area contributed by atoms with E-state index in [2.05, 4.69) is 26.0 Å². The number of anilines is 1. The summed E-state index contributed by atoms with van der Waals surface area (Å²) in [5.41, 5.74) is 0.582. The van der Waals surface area contributed by atoms with Gasteiger partial charge in [-0.05, 0) is 47.0 Å². The van der Waals surface area contributed by atoms with Crippen LogP contribution in [0.4, 0.5) is 5.69 Å². The Kier molecular flexibility index (Phi) is 6.35. The minimum atomic E-state index is -3.68. The van der Waals surface area contributed by atoms with E-state index < -0.39 is 15.9 Å². The molecular formula is C19H21BrN2O6S. The number of amides is 1. The van der Waals surface area contributed by atoms with Crippen molar-refractivity contribution in [1.29, 1.82) is 0 Å². The van der Waals surface area contributed by atoms with Crippen molar-refractivity contribution in [2.45, 2.75) is 23.8 Å². The number of nitrogens with one attached hydrogen (secondary N) is 2. The predicted octanol–water partition coefficient (Wildman–Crippen LogP) is 3.17. The van der Waals surface area contributed by atoms with E-state index in [-0.39, 0.29) is 16.5 Å². The van der Waals surface area contributed by atoms with E-state index in [4.69, 9.17) is 14.2 Å². The normalized spacial score (nSPS) is 13.7. The molecule has 2 aromatic carbocycles. The van der Waals surface area contributed by atoms with Gasteiger partial charge in [0.05, 0.1) is 31.8 Å². The molecule has 3 rings (SSSR count). The Bertz CT molecular complexity index is 1010. The Morgan fingerprint density at radius 2 is 1.66 bits per heavy atom. The van der Waals surface area contributed by atoms with E-state index in [1.807, 2.05) is 0 Å². The van der Waals surface area contributed by atoms with Crippen molar-refractivity contribution in [2.24, 2.45) is 0 Å². The van der Waals surface area contributed by atoms with Gasteiger partial charge in [-0.2, -0.15) is 0 Å². The molecule has 156 valence electrons. The first kappa shape index (κ1) is 21.4. The average Bonchev–Trinajstić information content (AvgIpc) is 3.50. The molecule has 2 N–H and O–H groups in total. The average molecular weight is 485 g/mol. The lowest BCUT2D eigenvalue weighted by Crippen LogP contribution is -2.26. The molecule has 8 nitrogen and oxygen atoms in total. The summed E-state index contributed by atoms with van der Waals surface area (Å²) in [4.78, 5) is 12.9. The SMILES string of the molecule is COc1cc(NC(=O)c2cc(S(=O)(=O)NC3CC3)ccc2Br)cc(OC)c1OC. The summed E-state index contributed by atoms with van der Waals surface area (Å²) in [6.07, 6.45) is 1.65. The van der Waals surface area contributed by atoms with Crippen molar-refractivity contribution in [3.05, 3.63) is 40.4 Å². The molecule has 0 spiro atoms. The Balaban J connectivity index is 1.90. The van der Waals surface area contributed by atoms with E-state index in [1.165, 1.54) is 39.5 Å². The van der Waals surface area contributed by atoms with Crippen LogP contribution in [0.2, 0.25) is 0 Å². The van der Waals surface area contributed by atoms with Gasteiger partial charge in [-0.3, -0.25) is 4.79 Å². The van der Waals surface area contributed by atoms with Gasteiger partial charge in [-0.1, -0.05) is 0 Å². The summed E-state index contributed by atoms with van der Waals surface area (Å²) in [5.74, 6) is 0.667. The summed E-state index contributed by atoms with van der Waals surface area (Å²) in [6.45, 7) is 0. The van der Waals surface area contributed by atoms with Crippen LogP contribution in [0.5, 0.6) is 17.2 Å². The molecule has 0 aromatic heterocycles. The minimum Gasteiger partial charge on any atom is -0.493 e. The second kappa shape index (κ2) is 8.60. The Morgan fingerprint density at radius 1 is 1.03 bits per heavy atom. The van der Waals surface area contributed by atoms with Crippen LogP contribution < -0.4 is 24.2 Å². The smallest absolute Gasteiger partial charge is 0.256 e. The molecule has 1 saturated carbocycles. The van der Waals surface area contributed by atoms with Crippen LogP contribution in [0, 0.1) is 0 Å². The molecule has 10 heteroatoms. The molecule has 0 heterocycles. The standard InChI is InChI=1S/C19H21BrN2O6S/c1-26-16-8-12(9-17(27-2)18(16)28-3)21-19(23)14-10-13(6-7-15(14)20)29(24,25)22-11-4-5-11/h6-11,22H,4-5H2,1-3H3,(H,21,23). The van der Waals surface area contributed by atoms with Gasteiger partial charge in [0, 0.05) is 28.3 Å². The molecule has 29 heavy (non-hydrogen) atoms. The van der Waals surface area contributed by atoms with E-state index in [1.54, 1.807) is 12.1 Å². The van der Waals surface area contributed by atoms with E-state index >= 15 is 0 Å². The summed E-state index contributed by atoms with van der Waals surface area (Å²) in [5, 5.41) is 2.73. The van der Waals surface area contributed by atoms with Crippen LogP contribution in [0.3, 0.4) is 0 Å². The molecule has 0 aliphatic heterocycles. The fraction of sp³-hybridized carbons (Fsp3) is 0.316. The molecule has 1 fully saturated rings. The fourth-order valence-electron chi connectivity index (χ4n) is 2.69. The molecule has 1 aliphatic rings. The first-order chi connectivity index (χ1) is 13.8. The third-order valence-corrected chi connectivity index (χ3v) is 6.52. The lowest BCUT2D eigenvalue weighted by Gasteiger charge is -2.15. The maximum absolute atomic E-state index is 12.8. The molecule has 2 aromatic rings. The van der Waals surface area contributed by atoms with Crippen LogP contribution >= 0.6 is 15.9 Å². The van der Waals surface area contributed by atoms with Crippen molar-refractivity contribution in [3.8, 4) is 17.2 Å². The zero-order chi connectivity index (χ0) is 21.2. The molecule has 1 aliphatic carbocycles. The first-order valence-corrected chi connectivity index (χ1v) is 11.0. The van der Waals surface area contributed by atoms with Gasteiger partial charge in [0.2, 0.25) is 15.8 Å². The minimum absolute atomic E-state index is 0.0276. The number of ether oxygens (including phenoxy) is 3. The maximum atomic E-state index is 12.8. The van der Waals surface area contributed by atoms with Crippen molar-refractivity contribution < 1.29 is 27.4 Å². The molecule has 0 radical (unpaired) electrons. The number of sulfonamides is 1. The number of carbonyl (C=O) groups excluding carboxylic acids is 1. The van der Waals surface area contributed by atoms with Crippen molar-refractivity contribution in [3.63, 3.8) is 0 Å². The number of hydrogen-bond donors (Lipinski definition) is 2. The van der Waals surface area contributed by atoms with Gasteiger partial charge in [0.15, 0.2) is 11.5 Å². The number of halogens is 1. The Hall–Kier alpha value is -2.30. The summed E-state index contributed by atoms with van der Waals surface area (Å²) < 4.78 is 43.8. The molecule has 0 bridgehead atoms. The summed E-state index contributed by atoms with van der Waals surface area (Å²) >= 11 is 3.31. The second-order valence-corrected chi connectivity index (χ2v) is 8.97. The number of methoxy groups -OCH3 is 3. The third kappa shape index (κ3) is 4.82. The molecule has 0 unspecified atom stereocenters. The lowest BCUT2D eigenvalue weighted by atomic mass is 10.2. The van der Waals surface area contributed by atoms with Crippen LogP contribution in [0.25, 0.3) is 0 Å². The monoisotopic (exact) mass is 484 g/mol. The number of carbonyl (C=O) groups is 1. The highest BCUT2D eigenvalue weighted by molar-refractivity contribution is 9.10. The Labute approximate surface area is 177 Å². The molecule has 0 saturated heterocycles. The Morgan fingerprint density at radius 3 is 2.17 bits per heavy atom. The quantitative estimate of drug-likeness (QED) is 0.596. The highest BCUT2D eigenvalue weighted by Gasteiger charge is 2.28. The van der Waals surface area contributed by atoms with E-state index in [0.717, 1.165) is 12.8 Å². The van der Waals surface area contributed by atoms with E-state index in [9.17, 15) is 13.2 Å². The van der Waals surface area contributed by atoms with Gasteiger partial charge in [-0.25, -0.2) is 13.1 Å². The van der Waals surface area contributed by atoms with Gasteiger partial charge in [-0.15, -0.1) is 0 Å². The van der Waals surface area contributed by atoms with Gasteiger partial charge in [0.25, 0.3) is 5.91 Å². The predicted molar refractivity (Wildman–Crippen MR) is 112 cm³/mol. The number of hydrogen-bond acceptors (Lipinski definition) is 6. The van der Waals surface area contributed by atoms with E-state index in [0.29, 0.717) is 27.4 Å². The van der Waals surface area contributed by atoms with Crippen molar-refractivity contribution in [2.75, 3.05) is 26.6 Å². The lowest BCUT2D eigenvalue weighted by molar-refractivity contribution is 0.102. The van der Waals surface area contributed by atoms with Crippen molar-refractivity contribution in [1.82, 2.24) is 4.72 Å². The van der Waals surface area contributed by atoms with Gasteiger partial charge >= 0.3 is 0 Å². The van der Waals surface area contributed by atoms with Crippen LogP contribution in [-0.4, -0.2) is 41.7 Å². The number of benzene rings is 2. The highest BCUT2D eigenvalue weighted by Crippen LogP contribution is 2.40. The summed E-state index contributed by atoms with van der Waals surface area (Å²) in [6, 6.07) is 7.46. The third-order valence-electron chi connectivity index (χ3n) is 4.31. The summed E-state index contributed by atoms with van der Waals surface area (Å²) in [7, 11) is 0.749. The zero-order valence-corrected chi connectivity index (χ0v) is 18.5. The van der Waals surface area contributed by atoms with Crippen molar-refractivity contribution >= 4 is 37.5 Å². The molecule has 0 atom stereocenters. The maximum Gasteiger partial charge on any atom is 0.256 e. The van der Waals surface area contributed by atoms with Crippen LogP contribution in [-0.2, 0) is 10.0 Å². The molecule has 1 amide bonds. The highest BCUT2D eigenvalue weighted by atomic mass is 79.9. The van der Waals surface area contributed by atoms with Crippen LogP contribution in [0.15, 0.2) is 39.7 Å². The second-order valence-electron chi connectivity index (χ2n) is 6.41.